The Hall–Kier alpha value is -3.01. The van der Waals surface area contributed by atoms with Crippen LogP contribution >= 0.6 is 11.6 Å². The van der Waals surface area contributed by atoms with Gasteiger partial charge in [0.1, 0.15) is 11.5 Å². The fourth-order valence-electron chi connectivity index (χ4n) is 3.88. The van der Waals surface area contributed by atoms with Crippen molar-refractivity contribution >= 4 is 45.4 Å². The minimum Gasteiger partial charge on any atom is -0.355 e. The van der Waals surface area contributed by atoms with Crippen molar-refractivity contribution in [1.29, 1.82) is 0 Å². The van der Waals surface area contributed by atoms with Crippen molar-refractivity contribution in [2.45, 2.75) is 24.7 Å². The number of nitrogens with zero attached hydrogens (tertiary/aromatic N) is 2. The van der Waals surface area contributed by atoms with E-state index in [1.165, 1.54) is 29.4 Å². The van der Waals surface area contributed by atoms with Gasteiger partial charge in [-0.2, -0.15) is 4.31 Å². The van der Waals surface area contributed by atoms with Crippen LogP contribution in [0.3, 0.4) is 0 Å². The van der Waals surface area contributed by atoms with Gasteiger partial charge in [0.25, 0.3) is 0 Å². The van der Waals surface area contributed by atoms with Gasteiger partial charge in [0.05, 0.1) is 16.6 Å². The number of anilines is 1. The van der Waals surface area contributed by atoms with E-state index in [-0.39, 0.29) is 40.9 Å². The van der Waals surface area contributed by atoms with Gasteiger partial charge < -0.3 is 9.84 Å². The molecule has 0 aliphatic carbocycles. The summed E-state index contributed by atoms with van der Waals surface area (Å²) in [6, 6.07) is 13.0. The third-order valence-corrected chi connectivity index (χ3v) is 7.99. The fraction of sp³-hybridized carbons (Fsp3) is 0.250. The van der Waals surface area contributed by atoms with Gasteiger partial charge in [0, 0.05) is 18.7 Å². The summed E-state index contributed by atoms with van der Waals surface area (Å²) in [6.45, 7) is 1.81. The molecule has 1 saturated heterocycles. The summed E-state index contributed by atoms with van der Waals surface area (Å²) in [5.74, 6) is -1.28. The van der Waals surface area contributed by atoms with Crippen LogP contribution < -0.4 is 5.32 Å². The molecule has 1 fully saturated rings. The van der Waals surface area contributed by atoms with Gasteiger partial charge in [0.2, 0.25) is 15.9 Å². The van der Waals surface area contributed by atoms with Crippen LogP contribution in [-0.2, 0) is 14.8 Å². The van der Waals surface area contributed by atoms with E-state index in [1.807, 2.05) is 0 Å². The molecule has 1 aliphatic heterocycles. The molecule has 0 radical (unpaired) electrons. The lowest BCUT2D eigenvalue weighted by molar-refractivity contribution is -0.120. The van der Waals surface area contributed by atoms with Crippen LogP contribution in [0, 0.1) is 18.7 Å². The standard InChI is InChI=1S/C24H23ClFN3O4S/c1-16-23(22(33-28-16)13-12-17-7-2-4-10-20(17)26)34(31,32)29-14-6-8-18(15-29)24(30)27-21-11-5-3-9-19(21)25/h2-5,7,9-13,18H,6,8,14-15H2,1H3,(H,27,30)/b13-12+. The molecule has 10 heteroatoms. The van der Waals surface area contributed by atoms with Gasteiger partial charge >= 0.3 is 0 Å². The molecule has 4 rings (SSSR count). The minimum atomic E-state index is -4.02. The number of aryl methyl sites for hydroxylation is 1. The van der Waals surface area contributed by atoms with Crippen molar-refractivity contribution in [2.75, 3.05) is 18.4 Å². The Balaban J connectivity index is 1.55. The molecule has 3 aromatic rings. The molecule has 0 bridgehead atoms. The highest BCUT2D eigenvalue weighted by Crippen LogP contribution is 2.30. The Bertz CT molecular complexity index is 1340. The smallest absolute Gasteiger partial charge is 0.248 e. The number of para-hydroxylation sites is 1. The first-order chi connectivity index (χ1) is 16.3. The number of benzene rings is 2. The predicted molar refractivity (Wildman–Crippen MR) is 128 cm³/mol. The maximum atomic E-state index is 14.0. The van der Waals surface area contributed by atoms with Crippen LogP contribution in [0.5, 0.6) is 0 Å². The number of halogens is 2. The van der Waals surface area contributed by atoms with Crippen LogP contribution in [0.2, 0.25) is 5.02 Å². The zero-order chi connectivity index (χ0) is 24.3. The van der Waals surface area contributed by atoms with E-state index in [0.29, 0.717) is 23.6 Å². The summed E-state index contributed by atoms with van der Waals surface area (Å²) < 4.78 is 47.5. The molecule has 1 N–H and O–H groups in total. The van der Waals surface area contributed by atoms with Gasteiger partial charge in [-0.25, -0.2) is 12.8 Å². The number of carbonyl (C=O) groups excluding carboxylic acids is 1. The average molecular weight is 504 g/mol. The molecule has 2 heterocycles. The van der Waals surface area contributed by atoms with Crippen LogP contribution in [0.25, 0.3) is 12.2 Å². The van der Waals surface area contributed by atoms with E-state index in [1.54, 1.807) is 42.5 Å². The van der Waals surface area contributed by atoms with E-state index in [4.69, 9.17) is 16.1 Å². The zero-order valence-electron chi connectivity index (χ0n) is 18.4. The van der Waals surface area contributed by atoms with Gasteiger partial charge in [-0.3, -0.25) is 4.79 Å². The fourth-order valence-corrected chi connectivity index (χ4v) is 5.83. The molecule has 0 saturated carbocycles. The maximum absolute atomic E-state index is 14.0. The van der Waals surface area contributed by atoms with E-state index in [2.05, 4.69) is 10.5 Å². The first kappa shape index (κ1) is 24.1. The van der Waals surface area contributed by atoms with Crippen LogP contribution in [0.1, 0.15) is 29.9 Å². The highest BCUT2D eigenvalue weighted by molar-refractivity contribution is 7.89. The van der Waals surface area contributed by atoms with Gasteiger partial charge in [-0.1, -0.05) is 47.1 Å². The Morgan fingerprint density at radius 2 is 1.94 bits per heavy atom. The first-order valence-corrected chi connectivity index (χ1v) is 12.5. The number of piperidine rings is 1. The molecule has 1 unspecified atom stereocenters. The third-order valence-electron chi connectivity index (χ3n) is 5.64. The van der Waals surface area contributed by atoms with E-state index >= 15 is 0 Å². The van der Waals surface area contributed by atoms with E-state index in [9.17, 15) is 17.6 Å². The van der Waals surface area contributed by atoms with E-state index < -0.39 is 21.8 Å². The molecule has 0 spiro atoms. The molecular weight excluding hydrogens is 481 g/mol. The lowest BCUT2D eigenvalue weighted by Gasteiger charge is -2.31. The topological polar surface area (TPSA) is 92.5 Å². The van der Waals surface area contributed by atoms with Crippen molar-refractivity contribution in [3.63, 3.8) is 0 Å². The lowest BCUT2D eigenvalue weighted by Crippen LogP contribution is -2.43. The maximum Gasteiger partial charge on any atom is 0.248 e. The normalized spacial score (nSPS) is 17.2. The molecule has 34 heavy (non-hydrogen) atoms. The Kier molecular flexibility index (Phi) is 7.16. The number of aromatic nitrogens is 1. The zero-order valence-corrected chi connectivity index (χ0v) is 19.9. The van der Waals surface area contributed by atoms with Gasteiger partial charge in [-0.05, 0) is 50.1 Å². The average Bonchev–Trinajstić information content (AvgIpc) is 3.21. The quantitative estimate of drug-likeness (QED) is 0.512. The Morgan fingerprint density at radius 3 is 2.71 bits per heavy atom. The number of rotatable bonds is 6. The second-order valence-electron chi connectivity index (χ2n) is 7.99. The minimum absolute atomic E-state index is 0.00314. The summed E-state index contributed by atoms with van der Waals surface area (Å²) in [7, 11) is -4.02. The summed E-state index contributed by atoms with van der Waals surface area (Å²) in [6.07, 6.45) is 3.89. The van der Waals surface area contributed by atoms with Crippen LogP contribution in [0.15, 0.2) is 57.9 Å². The molecule has 7 nitrogen and oxygen atoms in total. The van der Waals surface area contributed by atoms with Crippen molar-refractivity contribution in [3.8, 4) is 0 Å². The number of hydrogen-bond acceptors (Lipinski definition) is 5. The molecule has 1 aromatic heterocycles. The molecule has 178 valence electrons. The number of sulfonamides is 1. The number of hydrogen-bond donors (Lipinski definition) is 1. The highest BCUT2D eigenvalue weighted by atomic mass is 35.5. The first-order valence-electron chi connectivity index (χ1n) is 10.7. The second kappa shape index (κ2) is 10.1. The predicted octanol–water partition coefficient (Wildman–Crippen LogP) is 4.99. The second-order valence-corrected chi connectivity index (χ2v) is 10.3. The Labute approximate surface area is 202 Å². The molecular formula is C24H23ClFN3O4S. The Morgan fingerprint density at radius 1 is 1.21 bits per heavy atom. The number of carbonyl (C=O) groups is 1. The van der Waals surface area contributed by atoms with Crippen molar-refractivity contribution < 1.29 is 22.1 Å². The van der Waals surface area contributed by atoms with E-state index in [0.717, 1.165) is 0 Å². The number of nitrogens with one attached hydrogen (secondary N) is 1. The van der Waals surface area contributed by atoms with Crippen LogP contribution in [-0.4, -0.2) is 36.9 Å². The summed E-state index contributed by atoms with van der Waals surface area (Å²) >= 11 is 6.13. The molecule has 1 aliphatic rings. The highest BCUT2D eigenvalue weighted by Gasteiger charge is 2.37. The molecule has 1 atom stereocenters. The summed E-state index contributed by atoms with van der Waals surface area (Å²) in [5, 5.41) is 7.00. The lowest BCUT2D eigenvalue weighted by atomic mass is 9.99. The molecule has 2 aromatic carbocycles. The van der Waals surface area contributed by atoms with Gasteiger partial charge in [0.15, 0.2) is 10.7 Å². The van der Waals surface area contributed by atoms with Gasteiger partial charge in [-0.15, -0.1) is 0 Å². The monoisotopic (exact) mass is 503 g/mol. The number of amides is 1. The summed E-state index contributed by atoms with van der Waals surface area (Å²) in [4.78, 5) is 12.7. The van der Waals surface area contributed by atoms with Crippen molar-refractivity contribution in [2.24, 2.45) is 5.92 Å². The SMILES string of the molecule is Cc1noc(/C=C/c2ccccc2F)c1S(=O)(=O)N1CCCC(C(=O)Nc2ccccc2Cl)C1. The molecule has 1 amide bonds. The third kappa shape index (κ3) is 5.06. The van der Waals surface area contributed by atoms with Crippen molar-refractivity contribution in [1.82, 2.24) is 9.46 Å². The van der Waals surface area contributed by atoms with Crippen molar-refractivity contribution in [3.05, 3.63) is 76.4 Å². The van der Waals surface area contributed by atoms with Crippen LogP contribution in [0.4, 0.5) is 10.1 Å². The largest absolute Gasteiger partial charge is 0.355 e. The summed E-state index contributed by atoms with van der Waals surface area (Å²) in [5.41, 5.74) is 0.953.